The van der Waals surface area contributed by atoms with E-state index < -0.39 is 21.0 Å². The van der Waals surface area contributed by atoms with Crippen molar-refractivity contribution in [1.82, 2.24) is 26.6 Å². The Balaban J connectivity index is 1.25. The van der Waals surface area contributed by atoms with E-state index in [1.807, 2.05) is 0 Å². The van der Waals surface area contributed by atoms with Gasteiger partial charge in [-0.2, -0.15) is 8.42 Å². The van der Waals surface area contributed by atoms with Gasteiger partial charge in [-0.3, -0.25) is 31.1 Å². The minimum absolute atomic E-state index is 0.136. The van der Waals surface area contributed by atoms with Crippen LogP contribution in [0.4, 0.5) is 0 Å². The van der Waals surface area contributed by atoms with Crippen molar-refractivity contribution >= 4 is 21.7 Å². The Morgan fingerprint density at radius 2 is 1.30 bits per heavy atom. The van der Waals surface area contributed by atoms with Crippen molar-refractivity contribution in [3.8, 4) is 0 Å². The summed E-state index contributed by atoms with van der Waals surface area (Å²) >= 11 is 6.50. The zero-order valence-electron chi connectivity index (χ0n) is 23.0. The fraction of sp³-hybridized carbons (Fsp3) is 1.00. The molecule has 0 aromatic heterocycles. The SMILES string of the molecule is CC1CC(CC2CC(C)C(NC3NC(Cl)NC(NC4CCC(S(=O)(=O)O)CC4)N3)C(C)C2)CC(C)C1N. The summed E-state index contributed by atoms with van der Waals surface area (Å²) in [4.78, 5) is 0. The molecule has 7 unspecified atom stereocenters. The summed E-state index contributed by atoms with van der Waals surface area (Å²) in [5.74, 6) is 3.99. The van der Waals surface area contributed by atoms with Crippen LogP contribution in [0.15, 0.2) is 0 Å². The standard InChI is InChI=1S/C26H51ClN6O3S/c1-14-9-18(10-15(2)22(14)28)13-19-11-16(3)23(17(4)12-19)30-26-32-24(27)31-25(33-26)29-20-5-7-21(8-6-20)37(34,35)36/h14-26,29-33H,5-13,28H2,1-4H3,(H,34,35,36). The normalized spacial score (nSPS) is 48.0. The molecule has 1 saturated heterocycles. The van der Waals surface area contributed by atoms with Crippen molar-refractivity contribution in [2.45, 2.75) is 127 Å². The third-order valence-electron chi connectivity index (χ3n) is 9.84. The lowest BCUT2D eigenvalue weighted by atomic mass is 9.66. The van der Waals surface area contributed by atoms with Gasteiger partial charge in [0.25, 0.3) is 10.1 Å². The monoisotopic (exact) mass is 562 g/mol. The molecule has 4 rings (SSSR count). The summed E-state index contributed by atoms with van der Waals surface area (Å²) in [7, 11) is -3.95. The van der Waals surface area contributed by atoms with Gasteiger partial charge >= 0.3 is 0 Å². The van der Waals surface area contributed by atoms with E-state index in [1.54, 1.807) is 0 Å². The lowest BCUT2D eigenvalue weighted by Crippen LogP contribution is -2.75. The number of rotatable bonds is 7. The molecule has 0 aromatic carbocycles. The molecule has 0 aromatic rings. The molecule has 9 nitrogen and oxygen atoms in total. The van der Waals surface area contributed by atoms with Crippen molar-refractivity contribution in [1.29, 1.82) is 0 Å². The molecule has 0 radical (unpaired) electrons. The summed E-state index contributed by atoms with van der Waals surface area (Å²) in [6.07, 6.45) is 8.40. The van der Waals surface area contributed by atoms with Gasteiger partial charge in [0.05, 0.1) is 5.25 Å². The summed E-state index contributed by atoms with van der Waals surface area (Å²) in [6.45, 7) is 9.42. The summed E-state index contributed by atoms with van der Waals surface area (Å²) < 4.78 is 32.2. The molecule has 0 amide bonds. The second kappa shape index (κ2) is 12.6. The van der Waals surface area contributed by atoms with E-state index in [0.717, 1.165) is 11.8 Å². The number of nitrogens with one attached hydrogen (secondary N) is 5. The number of alkyl halides is 1. The third kappa shape index (κ3) is 8.01. The van der Waals surface area contributed by atoms with E-state index in [-0.39, 0.29) is 18.6 Å². The van der Waals surface area contributed by atoms with E-state index in [0.29, 0.717) is 61.4 Å². The second-order valence-corrected chi connectivity index (χ2v) is 15.1. The quantitative estimate of drug-likeness (QED) is 0.142. The Bertz CT molecular complexity index is 820. The van der Waals surface area contributed by atoms with Crippen LogP contribution in [0.2, 0.25) is 0 Å². The zero-order chi connectivity index (χ0) is 26.9. The lowest BCUT2D eigenvalue weighted by Gasteiger charge is -2.46. The molecule has 37 heavy (non-hydrogen) atoms. The van der Waals surface area contributed by atoms with Crippen LogP contribution >= 0.6 is 11.6 Å². The topological polar surface area (TPSA) is 141 Å². The first-order valence-corrected chi connectivity index (χ1v) is 16.5. The highest BCUT2D eigenvalue weighted by Crippen LogP contribution is 2.42. The molecule has 7 atom stereocenters. The maximum Gasteiger partial charge on any atom is 0.267 e. The van der Waals surface area contributed by atoms with Crippen LogP contribution in [-0.4, -0.2) is 54.6 Å². The van der Waals surface area contributed by atoms with Gasteiger partial charge in [-0.15, -0.1) is 0 Å². The Morgan fingerprint density at radius 3 is 1.81 bits per heavy atom. The van der Waals surface area contributed by atoms with Crippen LogP contribution in [0, 0.1) is 35.5 Å². The third-order valence-corrected chi connectivity index (χ3v) is 11.4. The zero-order valence-corrected chi connectivity index (χ0v) is 24.6. The van der Waals surface area contributed by atoms with E-state index >= 15 is 0 Å². The predicted molar refractivity (Wildman–Crippen MR) is 149 cm³/mol. The predicted octanol–water partition coefficient (Wildman–Crippen LogP) is 2.69. The minimum Gasteiger partial charge on any atom is -0.327 e. The van der Waals surface area contributed by atoms with E-state index in [4.69, 9.17) is 17.3 Å². The Morgan fingerprint density at radius 1 is 0.811 bits per heavy atom. The largest absolute Gasteiger partial charge is 0.327 e. The summed E-state index contributed by atoms with van der Waals surface area (Å²) in [5.41, 5.74) is 6.00. The maximum atomic E-state index is 11.4. The van der Waals surface area contributed by atoms with Gasteiger partial charge in [-0.1, -0.05) is 39.3 Å². The van der Waals surface area contributed by atoms with Gasteiger partial charge < -0.3 is 5.73 Å². The molecule has 4 aliphatic rings. The minimum atomic E-state index is -3.95. The first kappa shape index (κ1) is 29.9. The van der Waals surface area contributed by atoms with Crippen LogP contribution < -0.4 is 32.3 Å². The van der Waals surface area contributed by atoms with Crippen molar-refractivity contribution in [2.75, 3.05) is 0 Å². The smallest absolute Gasteiger partial charge is 0.267 e. The number of hydrogen-bond acceptors (Lipinski definition) is 8. The van der Waals surface area contributed by atoms with Gasteiger partial charge in [0.15, 0.2) is 0 Å². The second-order valence-electron chi connectivity index (χ2n) is 13.0. The van der Waals surface area contributed by atoms with Crippen molar-refractivity contribution in [3.05, 3.63) is 0 Å². The molecule has 0 spiro atoms. The van der Waals surface area contributed by atoms with Crippen LogP contribution in [0.1, 0.15) is 85.5 Å². The van der Waals surface area contributed by atoms with Gasteiger partial charge in [0.1, 0.15) is 18.2 Å². The first-order valence-electron chi connectivity index (χ1n) is 14.5. The van der Waals surface area contributed by atoms with Gasteiger partial charge in [0, 0.05) is 18.1 Å². The Hall–Kier alpha value is -0.0400. The maximum absolute atomic E-state index is 11.4. The fourth-order valence-corrected chi connectivity index (χ4v) is 9.08. The molecule has 8 N–H and O–H groups in total. The van der Waals surface area contributed by atoms with Crippen molar-refractivity contribution in [2.24, 2.45) is 41.2 Å². The van der Waals surface area contributed by atoms with Crippen LogP contribution in [0.3, 0.4) is 0 Å². The molecule has 4 fully saturated rings. The highest BCUT2D eigenvalue weighted by Gasteiger charge is 2.39. The average molecular weight is 563 g/mol. The van der Waals surface area contributed by atoms with E-state index in [9.17, 15) is 13.0 Å². The van der Waals surface area contributed by atoms with Crippen LogP contribution in [0.25, 0.3) is 0 Å². The Kier molecular flexibility index (Phi) is 10.2. The molecular weight excluding hydrogens is 512 g/mol. The van der Waals surface area contributed by atoms with Crippen LogP contribution in [-0.2, 0) is 10.1 Å². The average Bonchev–Trinajstić information content (AvgIpc) is 2.79. The van der Waals surface area contributed by atoms with Gasteiger partial charge in [-0.05, 0) is 93.3 Å². The number of halogens is 1. The molecule has 0 bridgehead atoms. The van der Waals surface area contributed by atoms with Gasteiger partial charge in [0.2, 0.25) is 0 Å². The van der Waals surface area contributed by atoms with E-state index in [1.165, 1.54) is 32.1 Å². The molecule has 1 heterocycles. The van der Waals surface area contributed by atoms with Gasteiger partial charge in [-0.25, -0.2) is 0 Å². The Labute approximate surface area is 229 Å². The molecule has 1 aliphatic heterocycles. The van der Waals surface area contributed by atoms with Crippen LogP contribution in [0.5, 0.6) is 0 Å². The summed E-state index contributed by atoms with van der Waals surface area (Å²) in [5, 5.41) is 16.9. The first-order chi connectivity index (χ1) is 17.4. The van der Waals surface area contributed by atoms with E-state index in [2.05, 4.69) is 54.3 Å². The molecule has 3 aliphatic carbocycles. The molecular formula is C26H51ClN6O3S. The summed E-state index contributed by atoms with van der Waals surface area (Å²) in [6, 6.07) is 0.917. The molecule has 3 saturated carbocycles. The van der Waals surface area contributed by atoms with Crippen molar-refractivity contribution in [3.63, 3.8) is 0 Å². The highest BCUT2D eigenvalue weighted by molar-refractivity contribution is 7.86. The molecule has 11 heteroatoms. The fourth-order valence-electron chi connectivity index (χ4n) is 7.96. The number of nitrogens with two attached hydrogens (primary N) is 1. The lowest BCUT2D eigenvalue weighted by molar-refractivity contribution is 0.0805. The molecule has 216 valence electrons. The highest BCUT2D eigenvalue weighted by atomic mass is 35.5. The van der Waals surface area contributed by atoms with Crippen molar-refractivity contribution < 1.29 is 13.0 Å². The number of hydrogen-bond donors (Lipinski definition) is 7.